The molecule has 1 heterocycles. The number of amides is 1. The first-order valence-corrected chi connectivity index (χ1v) is 5.53. The highest BCUT2D eigenvalue weighted by Crippen LogP contribution is 2.14. The Morgan fingerprint density at radius 3 is 2.93 bits per heavy atom. The van der Waals surface area contributed by atoms with Gasteiger partial charge in [0.1, 0.15) is 0 Å². The maximum atomic E-state index is 11.5. The minimum absolute atomic E-state index is 0.148. The summed E-state index contributed by atoms with van der Waals surface area (Å²) in [6.07, 6.45) is 0.987. The Balaban J connectivity index is 2.59. The van der Waals surface area contributed by atoms with Crippen LogP contribution >= 0.6 is 22.9 Å². The van der Waals surface area contributed by atoms with Crippen molar-refractivity contribution < 1.29 is 4.79 Å². The molecule has 1 atom stereocenters. The van der Waals surface area contributed by atoms with Gasteiger partial charge in [-0.05, 0) is 18.0 Å². The summed E-state index contributed by atoms with van der Waals surface area (Å²) in [7, 11) is 0. The van der Waals surface area contributed by atoms with Crippen molar-refractivity contribution in [1.82, 2.24) is 15.5 Å². The Morgan fingerprint density at radius 2 is 2.47 bits per heavy atom. The molecule has 1 aromatic rings. The molecule has 7 heteroatoms. The Kier molecular flexibility index (Phi) is 4.46. The standard InChI is InChI=1S/C8H9ClN4OS/c1-2-5(3-4-10)11-6(14)7-12-13-8(9)15-7/h5H,2-3H2,1H3,(H,11,14). The summed E-state index contributed by atoms with van der Waals surface area (Å²) in [6, 6.07) is 1.86. The predicted octanol–water partition coefficient (Wildman–Crippen LogP) is 1.61. The number of hydrogen-bond acceptors (Lipinski definition) is 5. The zero-order valence-electron chi connectivity index (χ0n) is 8.03. The van der Waals surface area contributed by atoms with Crippen molar-refractivity contribution in [1.29, 1.82) is 5.26 Å². The molecule has 0 aliphatic heterocycles. The maximum absolute atomic E-state index is 11.5. The number of aromatic nitrogens is 2. The normalized spacial score (nSPS) is 11.8. The monoisotopic (exact) mass is 244 g/mol. The van der Waals surface area contributed by atoms with E-state index in [9.17, 15) is 4.79 Å². The quantitative estimate of drug-likeness (QED) is 0.873. The van der Waals surface area contributed by atoms with Crippen LogP contribution < -0.4 is 5.32 Å². The average molecular weight is 245 g/mol. The molecule has 0 spiro atoms. The van der Waals surface area contributed by atoms with Gasteiger partial charge in [-0.15, -0.1) is 10.2 Å². The van der Waals surface area contributed by atoms with E-state index in [1.165, 1.54) is 0 Å². The van der Waals surface area contributed by atoms with Crippen LogP contribution in [0.15, 0.2) is 0 Å². The highest BCUT2D eigenvalue weighted by Gasteiger charge is 2.15. The van der Waals surface area contributed by atoms with Gasteiger partial charge >= 0.3 is 0 Å². The van der Waals surface area contributed by atoms with Gasteiger partial charge in [0.15, 0.2) is 0 Å². The summed E-state index contributed by atoms with van der Waals surface area (Å²) in [5.41, 5.74) is 0. The highest BCUT2D eigenvalue weighted by atomic mass is 35.5. The molecule has 1 aromatic heterocycles. The fourth-order valence-corrected chi connectivity index (χ4v) is 1.68. The van der Waals surface area contributed by atoms with Crippen LogP contribution in [0.1, 0.15) is 29.6 Å². The second-order valence-electron chi connectivity index (χ2n) is 2.80. The number of carbonyl (C=O) groups is 1. The van der Waals surface area contributed by atoms with Gasteiger partial charge in [-0.2, -0.15) is 5.26 Å². The van der Waals surface area contributed by atoms with E-state index in [1.54, 1.807) is 0 Å². The van der Waals surface area contributed by atoms with Gasteiger partial charge in [0.2, 0.25) is 9.47 Å². The van der Waals surface area contributed by atoms with E-state index in [-0.39, 0.29) is 27.8 Å². The lowest BCUT2D eigenvalue weighted by Crippen LogP contribution is -2.34. The minimum Gasteiger partial charge on any atom is -0.346 e. The van der Waals surface area contributed by atoms with E-state index in [4.69, 9.17) is 16.9 Å². The van der Waals surface area contributed by atoms with Crippen molar-refractivity contribution in [2.24, 2.45) is 0 Å². The number of carbonyl (C=O) groups excluding carboxylic acids is 1. The molecule has 0 radical (unpaired) electrons. The minimum atomic E-state index is -0.332. The molecule has 0 saturated heterocycles. The summed E-state index contributed by atoms with van der Waals surface area (Å²) in [4.78, 5) is 11.5. The third-order valence-electron chi connectivity index (χ3n) is 1.76. The van der Waals surface area contributed by atoms with Gasteiger partial charge in [-0.3, -0.25) is 4.79 Å². The van der Waals surface area contributed by atoms with Crippen LogP contribution in [-0.4, -0.2) is 22.1 Å². The van der Waals surface area contributed by atoms with Gasteiger partial charge in [0.05, 0.1) is 12.5 Å². The second kappa shape index (κ2) is 5.63. The van der Waals surface area contributed by atoms with E-state index >= 15 is 0 Å². The molecule has 0 aliphatic rings. The van der Waals surface area contributed by atoms with Crippen LogP contribution in [-0.2, 0) is 0 Å². The Labute approximate surface area is 96.1 Å². The molecule has 0 saturated carbocycles. The Morgan fingerprint density at radius 1 is 1.73 bits per heavy atom. The number of rotatable bonds is 4. The molecule has 0 bridgehead atoms. The molecule has 80 valence electrons. The van der Waals surface area contributed by atoms with E-state index < -0.39 is 0 Å². The zero-order chi connectivity index (χ0) is 11.3. The summed E-state index contributed by atoms with van der Waals surface area (Å²) in [5.74, 6) is -0.332. The Bertz CT molecular complexity index is 386. The number of nitrogens with one attached hydrogen (secondary N) is 1. The topological polar surface area (TPSA) is 78.7 Å². The van der Waals surface area contributed by atoms with Gasteiger partial charge in [-0.1, -0.05) is 18.3 Å². The van der Waals surface area contributed by atoms with Crippen LogP contribution in [0, 0.1) is 11.3 Å². The van der Waals surface area contributed by atoms with Crippen molar-refractivity contribution in [3.8, 4) is 6.07 Å². The van der Waals surface area contributed by atoms with E-state index in [1.807, 2.05) is 13.0 Å². The van der Waals surface area contributed by atoms with Gasteiger partial charge < -0.3 is 5.32 Å². The van der Waals surface area contributed by atoms with Crippen LogP contribution in [0.3, 0.4) is 0 Å². The first-order chi connectivity index (χ1) is 7.17. The average Bonchev–Trinajstić information content (AvgIpc) is 2.64. The number of nitriles is 1. The number of nitrogens with zero attached hydrogens (tertiary/aromatic N) is 3. The lowest BCUT2D eigenvalue weighted by atomic mass is 10.2. The van der Waals surface area contributed by atoms with Crippen molar-refractivity contribution in [2.75, 3.05) is 0 Å². The van der Waals surface area contributed by atoms with Crippen molar-refractivity contribution >= 4 is 28.8 Å². The molecular formula is C8H9ClN4OS. The van der Waals surface area contributed by atoms with E-state index in [0.717, 1.165) is 11.3 Å². The molecule has 0 fully saturated rings. The summed E-state index contributed by atoms with van der Waals surface area (Å²) >= 11 is 6.56. The molecule has 1 amide bonds. The maximum Gasteiger partial charge on any atom is 0.282 e. The highest BCUT2D eigenvalue weighted by molar-refractivity contribution is 7.17. The zero-order valence-corrected chi connectivity index (χ0v) is 9.60. The van der Waals surface area contributed by atoms with Gasteiger partial charge in [-0.25, -0.2) is 0 Å². The lowest BCUT2D eigenvalue weighted by Gasteiger charge is -2.11. The molecule has 0 aromatic carbocycles. The number of hydrogen-bond donors (Lipinski definition) is 1. The third-order valence-corrected chi connectivity index (χ3v) is 2.78. The van der Waals surface area contributed by atoms with Crippen LogP contribution in [0.25, 0.3) is 0 Å². The second-order valence-corrected chi connectivity index (χ2v) is 4.36. The smallest absolute Gasteiger partial charge is 0.282 e. The summed E-state index contributed by atoms with van der Waals surface area (Å²) in [5, 5.41) is 18.5. The summed E-state index contributed by atoms with van der Waals surface area (Å²) < 4.78 is 0.230. The van der Waals surface area contributed by atoms with E-state index in [2.05, 4.69) is 15.5 Å². The SMILES string of the molecule is CCC(CC#N)NC(=O)c1nnc(Cl)s1. The first kappa shape index (κ1) is 11.9. The fourth-order valence-electron chi connectivity index (χ4n) is 0.952. The van der Waals surface area contributed by atoms with E-state index in [0.29, 0.717) is 6.42 Å². The molecule has 0 aliphatic carbocycles. The largest absolute Gasteiger partial charge is 0.346 e. The van der Waals surface area contributed by atoms with Gasteiger partial charge in [0.25, 0.3) is 5.91 Å². The number of halogens is 1. The van der Waals surface area contributed by atoms with Crippen molar-refractivity contribution in [3.05, 3.63) is 9.47 Å². The Hall–Kier alpha value is -1.19. The van der Waals surface area contributed by atoms with Crippen LogP contribution in [0.2, 0.25) is 4.47 Å². The third kappa shape index (κ3) is 3.46. The van der Waals surface area contributed by atoms with Gasteiger partial charge in [0, 0.05) is 6.04 Å². The molecule has 15 heavy (non-hydrogen) atoms. The predicted molar refractivity (Wildman–Crippen MR) is 56.7 cm³/mol. The molecular weight excluding hydrogens is 236 g/mol. The van der Waals surface area contributed by atoms with Crippen LogP contribution in [0.4, 0.5) is 0 Å². The fraction of sp³-hybridized carbons (Fsp3) is 0.500. The molecule has 1 rings (SSSR count). The molecule has 1 unspecified atom stereocenters. The van der Waals surface area contributed by atoms with Crippen molar-refractivity contribution in [3.63, 3.8) is 0 Å². The lowest BCUT2D eigenvalue weighted by molar-refractivity contribution is 0.0935. The summed E-state index contributed by atoms with van der Waals surface area (Å²) in [6.45, 7) is 1.90. The van der Waals surface area contributed by atoms with Crippen LogP contribution in [0.5, 0.6) is 0 Å². The van der Waals surface area contributed by atoms with Crippen molar-refractivity contribution in [2.45, 2.75) is 25.8 Å². The molecule has 1 N–H and O–H groups in total. The first-order valence-electron chi connectivity index (χ1n) is 4.34. The molecule has 5 nitrogen and oxygen atoms in total.